The van der Waals surface area contributed by atoms with Crippen LogP contribution in [0.15, 0.2) is 66.7 Å². The second kappa shape index (κ2) is 7.41. The summed E-state index contributed by atoms with van der Waals surface area (Å²) < 4.78 is 11.4. The molecule has 3 aromatic rings. The van der Waals surface area contributed by atoms with Crippen LogP contribution < -0.4 is 10.1 Å². The molecule has 1 aliphatic heterocycles. The van der Waals surface area contributed by atoms with Gasteiger partial charge in [-0.1, -0.05) is 42.5 Å². The zero-order valence-corrected chi connectivity index (χ0v) is 15.4. The highest BCUT2D eigenvalue weighted by Gasteiger charge is 2.38. The van der Waals surface area contributed by atoms with Gasteiger partial charge in [-0.05, 0) is 53.7 Å². The van der Waals surface area contributed by atoms with Gasteiger partial charge >= 0.3 is 5.97 Å². The van der Waals surface area contributed by atoms with Crippen molar-refractivity contribution in [2.75, 3.05) is 20.2 Å². The molecule has 1 saturated heterocycles. The number of carbonyl (C=O) groups excluding carboxylic acids is 1. The zero-order valence-electron chi connectivity index (χ0n) is 15.4. The molecule has 0 aliphatic carbocycles. The Balaban J connectivity index is 1.66. The highest BCUT2D eigenvalue weighted by atomic mass is 16.6. The van der Waals surface area contributed by atoms with E-state index in [-0.39, 0.29) is 5.97 Å². The van der Waals surface area contributed by atoms with Gasteiger partial charge in [0, 0.05) is 12.8 Å². The van der Waals surface area contributed by atoms with Crippen molar-refractivity contribution in [3.05, 3.63) is 77.9 Å². The monoisotopic (exact) mass is 361 g/mol. The summed E-state index contributed by atoms with van der Waals surface area (Å²) in [6.07, 6.45) is 1.54. The van der Waals surface area contributed by atoms with Crippen molar-refractivity contribution in [1.82, 2.24) is 5.32 Å². The van der Waals surface area contributed by atoms with Crippen LogP contribution in [0.25, 0.3) is 10.8 Å². The lowest BCUT2D eigenvalue weighted by Gasteiger charge is -2.37. The molecule has 27 heavy (non-hydrogen) atoms. The number of esters is 1. The van der Waals surface area contributed by atoms with E-state index in [0.29, 0.717) is 5.56 Å². The van der Waals surface area contributed by atoms with Crippen LogP contribution in [-0.2, 0) is 10.3 Å². The maximum Gasteiger partial charge on any atom is 0.339 e. The van der Waals surface area contributed by atoms with Crippen molar-refractivity contribution in [1.29, 1.82) is 0 Å². The van der Waals surface area contributed by atoms with Crippen molar-refractivity contribution < 1.29 is 14.3 Å². The molecule has 0 saturated carbocycles. The van der Waals surface area contributed by atoms with Crippen LogP contribution in [-0.4, -0.2) is 26.2 Å². The molecule has 1 fully saturated rings. The Labute approximate surface area is 159 Å². The average molecular weight is 361 g/mol. The van der Waals surface area contributed by atoms with Crippen LogP contribution in [0, 0.1) is 0 Å². The lowest BCUT2D eigenvalue weighted by Crippen LogP contribution is -2.43. The molecule has 138 valence electrons. The summed E-state index contributed by atoms with van der Waals surface area (Å²) in [5, 5.41) is 5.38. The minimum atomic E-state index is -0.576. The minimum Gasteiger partial charge on any atom is -0.497 e. The second-order valence-corrected chi connectivity index (χ2v) is 6.93. The fraction of sp³-hybridized carbons (Fsp3) is 0.261. The Morgan fingerprint density at radius 3 is 2.41 bits per heavy atom. The first-order valence-electron chi connectivity index (χ1n) is 9.28. The van der Waals surface area contributed by atoms with Gasteiger partial charge < -0.3 is 14.8 Å². The van der Waals surface area contributed by atoms with E-state index in [9.17, 15) is 4.79 Å². The number of benzene rings is 3. The van der Waals surface area contributed by atoms with E-state index in [1.807, 2.05) is 66.7 Å². The summed E-state index contributed by atoms with van der Waals surface area (Å²) in [6, 6.07) is 21.6. The molecule has 0 radical (unpaired) electrons. The topological polar surface area (TPSA) is 47.6 Å². The third-order valence-corrected chi connectivity index (χ3v) is 5.28. The molecular weight excluding hydrogens is 338 g/mol. The number of rotatable bonds is 4. The molecule has 4 heteroatoms. The molecular formula is C23H23NO3. The van der Waals surface area contributed by atoms with E-state index in [1.54, 1.807) is 7.11 Å². The fourth-order valence-corrected chi connectivity index (χ4v) is 3.74. The SMILES string of the molecule is COc1ccc2ccc(C(=O)OC3(c4ccccc4)CCNCC3)cc2c1. The van der Waals surface area contributed by atoms with E-state index in [4.69, 9.17) is 9.47 Å². The molecule has 0 atom stereocenters. The van der Waals surface area contributed by atoms with Crippen molar-refractivity contribution in [2.24, 2.45) is 0 Å². The maximum atomic E-state index is 13.0. The van der Waals surface area contributed by atoms with Gasteiger partial charge in [-0.2, -0.15) is 0 Å². The summed E-state index contributed by atoms with van der Waals surface area (Å²) in [4.78, 5) is 13.0. The van der Waals surface area contributed by atoms with Crippen molar-refractivity contribution in [3.63, 3.8) is 0 Å². The van der Waals surface area contributed by atoms with Gasteiger partial charge in [0.25, 0.3) is 0 Å². The number of hydrogen-bond donors (Lipinski definition) is 1. The molecule has 1 aliphatic rings. The Kier molecular flexibility index (Phi) is 4.82. The molecule has 1 heterocycles. The quantitative estimate of drug-likeness (QED) is 0.705. The Bertz CT molecular complexity index is 946. The largest absolute Gasteiger partial charge is 0.497 e. The van der Waals surface area contributed by atoms with Crippen LogP contribution in [0.3, 0.4) is 0 Å². The van der Waals surface area contributed by atoms with Gasteiger partial charge in [0.1, 0.15) is 11.4 Å². The van der Waals surface area contributed by atoms with Crippen LogP contribution in [0.2, 0.25) is 0 Å². The molecule has 0 amide bonds. The predicted octanol–water partition coefficient (Wildman–Crippen LogP) is 4.28. The Morgan fingerprint density at radius 1 is 0.926 bits per heavy atom. The van der Waals surface area contributed by atoms with E-state index < -0.39 is 5.60 Å². The number of carbonyl (C=O) groups is 1. The number of methoxy groups -OCH3 is 1. The molecule has 4 rings (SSSR count). The van der Waals surface area contributed by atoms with Gasteiger partial charge in [-0.25, -0.2) is 4.79 Å². The molecule has 4 nitrogen and oxygen atoms in total. The standard InChI is InChI=1S/C23H23NO3/c1-26-21-10-9-17-7-8-18(15-19(17)16-21)22(25)27-23(11-13-24-14-12-23)20-5-3-2-4-6-20/h2-10,15-16,24H,11-14H2,1H3. The van der Waals surface area contributed by atoms with Crippen molar-refractivity contribution in [2.45, 2.75) is 18.4 Å². The normalized spacial score (nSPS) is 16.0. The van der Waals surface area contributed by atoms with Crippen LogP contribution >= 0.6 is 0 Å². The lowest BCUT2D eigenvalue weighted by atomic mass is 9.84. The Morgan fingerprint density at radius 2 is 1.67 bits per heavy atom. The van der Waals surface area contributed by atoms with Gasteiger partial charge in [0.05, 0.1) is 12.7 Å². The molecule has 3 aromatic carbocycles. The summed E-state index contributed by atoms with van der Waals surface area (Å²) in [5.74, 6) is 0.484. The second-order valence-electron chi connectivity index (χ2n) is 6.93. The van der Waals surface area contributed by atoms with Gasteiger partial charge in [-0.15, -0.1) is 0 Å². The summed E-state index contributed by atoms with van der Waals surface area (Å²) >= 11 is 0. The number of hydrogen-bond acceptors (Lipinski definition) is 4. The minimum absolute atomic E-state index is 0.287. The van der Waals surface area contributed by atoms with E-state index in [2.05, 4.69) is 5.32 Å². The maximum absolute atomic E-state index is 13.0. The van der Waals surface area contributed by atoms with Crippen LogP contribution in [0.1, 0.15) is 28.8 Å². The first-order chi connectivity index (χ1) is 13.2. The van der Waals surface area contributed by atoms with Gasteiger partial charge in [-0.3, -0.25) is 0 Å². The van der Waals surface area contributed by atoms with E-state index in [0.717, 1.165) is 48.0 Å². The smallest absolute Gasteiger partial charge is 0.339 e. The van der Waals surface area contributed by atoms with Gasteiger partial charge in [0.2, 0.25) is 0 Å². The number of piperidine rings is 1. The molecule has 1 N–H and O–H groups in total. The number of nitrogens with one attached hydrogen (secondary N) is 1. The molecule has 0 unspecified atom stereocenters. The average Bonchev–Trinajstić information content (AvgIpc) is 2.74. The van der Waals surface area contributed by atoms with Gasteiger partial charge in [0.15, 0.2) is 0 Å². The van der Waals surface area contributed by atoms with E-state index in [1.165, 1.54) is 0 Å². The summed E-state index contributed by atoms with van der Waals surface area (Å²) in [6.45, 7) is 1.66. The summed E-state index contributed by atoms with van der Waals surface area (Å²) in [7, 11) is 1.64. The predicted molar refractivity (Wildman–Crippen MR) is 106 cm³/mol. The Hall–Kier alpha value is -2.85. The molecule has 0 aromatic heterocycles. The first kappa shape index (κ1) is 17.6. The highest BCUT2D eigenvalue weighted by molar-refractivity contribution is 5.96. The third-order valence-electron chi connectivity index (χ3n) is 5.28. The zero-order chi connectivity index (χ0) is 18.7. The van der Waals surface area contributed by atoms with Crippen LogP contribution in [0.5, 0.6) is 5.75 Å². The van der Waals surface area contributed by atoms with Crippen LogP contribution in [0.4, 0.5) is 0 Å². The number of ether oxygens (including phenoxy) is 2. The third kappa shape index (κ3) is 3.53. The molecule has 0 bridgehead atoms. The van der Waals surface area contributed by atoms with E-state index >= 15 is 0 Å². The lowest BCUT2D eigenvalue weighted by molar-refractivity contribution is -0.0378. The van der Waals surface area contributed by atoms with Crippen molar-refractivity contribution in [3.8, 4) is 5.75 Å². The summed E-state index contributed by atoms with van der Waals surface area (Å²) in [5.41, 5.74) is 1.04. The number of fused-ring (bicyclic) bond motifs is 1. The highest BCUT2D eigenvalue weighted by Crippen LogP contribution is 2.36. The fourth-order valence-electron chi connectivity index (χ4n) is 3.74. The van der Waals surface area contributed by atoms with Crippen molar-refractivity contribution >= 4 is 16.7 Å². The first-order valence-corrected chi connectivity index (χ1v) is 9.28. The molecule has 0 spiro atoms.